The molecule has 1 aliphatic rings. The molecule has 0 saturated carbocycles. The number of likely N-dealkylation sites (tertiary alicyclic amines) is 1. The van der Waals surface area contributed by atoms with E-state index in [1.807, 2.05) is 18.2 Å². The molecule has 1 fully saturated rings. The lowest BCUT2D eigenvalue weighted by Crippen LogP contribution is -2.35. The number of nitrogens with zero attached hydrogens (tertiary/aromatic N) is 5. The van der Waals surface area contributed by atoms with Crippen LogP contribution < -0.4 is 4.74 Å². The first kappa shape index (κ1) is 19.9. The minimum atomic E-state index is -0.459. The summed E-state index contributed by atoms with van der Waals surface area (Å²) in [5, 5.41) is 8.15. The number of carbonyl (C=O) groups excluding carboxylic acids is 1. The van der Waals surface area contributed by atoms with Gasteiger partial charge in [-0.25, -0.2) is 9.37 Å². The average molecular weight is 532 g/mol. The van der Waals surface area contributed by atoms with Gasteiger partial charge in [0.25, 0.3) is 5.91 Å². The van der Waals surface area contributed by atoms with Crippen molar-refractivity contribution in [2.45, 2.75) is 22.9 Å². The summed E-state index contributed by atoms with van der Waals surface area (Å²) in [6.45, 7) is 0. The van der Waals surface area contributed by atoms with Crippen LogP contribution in [0.5, 0.6) is 5.75 Å². The van der Waals surface area contributed by atoms with Crippen LogP contribution in [0.25, 0.3) is 16.7 Å². The Balaban J connectivity index is 1.54. The lowest BCUT2D eigenvalue weighted by atomic mass is 10.1. The summed E-state index contributed by atoms with van der Waals surface area (Å²) >= 11 is 2.27. The molecule has 4 aromatic rings. The number of amides is 1. The van der Waals surface area contributed by atoms with Gasteiger partial charge in [-0.1, -0.05) is 22.6 Å². The molecule has 1 aliphatic heterocycles. The Labute approximate surface area is 190 Å². The number of alkyl halides is 1. The Bertz CT molecular complexity index is 1260. The Hall–Kier alpha value is -3.02. The normalized spacial score (nSPS) is 18.6. The van der Waals surface area contributed by atoms with E-state index in [9.17, 15) is 9.18 Å². The predicted molar refractivity (Wildman–Crippen MR) is 120 cm³/mol. The van der Waals surface area contributed by atoms with Crippen molar-refractivity contribution in [1.82, 2.24) is 29.9 Å². The molecule has 0 bridgehead atoms. The molecule has 0 spiro atoms. The summed E-state index contributed by atoms with van der Waals surface area (Å²) in [5.74, 6) is 0.766. The van der Waals surface area contributed by atoms with E-state index in [0.717, 1.165) is 35.4 Å². The summed E-state index contributed by atoms with van der Waals surface area (Å²) in [7, 11) is 1.61. The monoisotopic (exact) mass is 532 g/mol. The van der Waals surface area contributed by atoms with E-state index in [2.05, 4.69) is 37.8 Å². The number of fused-ring (bicyclic) bond motifs is 1. The van der Waals surface area contributed by atoms with Gasteiger partial charge < -0.3 is 14.6 Å². The van der Waals surface area contributed by atoms with Crippen molar-refractivity contribution in [2.24, 2.45) is 0 Å². The lowest BCUT2D eigenvalue weighted by Gasteiger charge is -2.27. The molecule has 3 heterocycles. The molecule has 2 aromatic carbocycles. The van der Waals surface area contributed by atoms with E-state index in [0.29, 0.717) is 11.3 Å². The zero-order valence-corrected chi connectivity index (χ0v) is 18.7. The maximum atomic E-state index is 14.0. The highest BCUT2D eigenvalue weighted by Crippen LogP contribution is 2.40. The van der Waals surface area contributed by atoms with Crippen molar-refractivity contribution in [3.8, 4) is 11.4 Å². The fourth-order valence-electron chi connectivity index (χ4n) is 3.93. The van der Waals surface area contributed by atoms with Gasteiger partial charge in [-0.15, -0.1) is 0 Å². The van der Waals surface area contributed by atoms with Gasteiger partial charge in [-0.05, 0) is 37.1 Å². The van der Waals surface area contributed by atoms with Crippen LogP contribution in [-0.4, -0.2) is 46.9 Å². The second kappa shape index (κ2) is 7.91. The highest BCUT2D eigenvalue weighted by atomic mass is 127. The molecule has 5 rings (SSSR count). The minimum absolute atomic E-state index is 0.0265. The Morgan fingerprint density at radius 2 is 2.00 bits per heavy atom. The molecule has 0 unspecified atom stereocenters. The number of carbonyl (C=O) groups is 1. The predicted octanol–water partition coefficient (Wildman–Crippen LogP) is 4.03. The summed E-state index contributed by atoms with van der Waals surface area (Å²) < 4.78 is 19.2. The number of aromatic nitrogens is 5. The van der Waals surface area contributed by atoms with E-state index in [4.69, 9.17) is 9.72 Å². The van der Waals surface area contributed by atoms with Gasteiger partial charge in [0.05, 0.1) is 46.2 Å². The van der Waals surface area contributed by atoms with Gasteiger partial charge in [0.2, 0.25) is 0 Å². The molecule has 158 valence electrons. The minimum Gasteiger partial charge on any atom is -0.497 e. The zero-order chi connectivity index (χ0) is 21.5. The van der Waals surface area contributed by atoms with Crippen LogP contribution in [0, 0.1) is 5.82 Å². The van der Waals surface area contributed by atoms with Crippen LogP contribution in [-0.2, 0) is 0 Å². The number of nitrogens with one attached hydrogen (secondary N) is 1. The van der Waals surface area contributed by atoms with Crippen molar-refractivity contribution < 1.29 is 13.9 Å². The Morgan fingerprint density at radius 3 is 2.77 bits per heavy atom. The fourth-order valence-corrected chi connectivity index (χ4v) is 4.93. The van der Waals surface area contributed by atoms with Gasteiger partial charge in [-0.2, -0.15) is 15.0 Å². The third-order valence-corrected chi connectivity index (χ3v) is 6.62. The third-order valence-electron chi connectivity index (χ3n) is 5.40. The van der Waals surface area contributed by atoms with E-state index in [1.54, 1.807) is 12.0 Å². The maximum absolute atomic E-state index is 14.0. The molecule has 2 atom stereocenters. The standard InChI is InChI=1S/C21H18FIN6O2/c1-31-13-3-5-15-16(11-13)27-20(26-15)17-6-7-19(23)28(17)21(30)14-4-2-12(22)10-18(14)29-24-8-9-25-29/h2-5,8-11,17,19H,6-7H2,1H3,(H,26,27)/t17-,19-/m0/s1. The molecule has 0 aliphatic carbocycles. The summed E-state index contributed by atoms with van der Waals surface area (Å²) in [5.41, 5.74) is 2.30. The molecule has 1 N–H and O–H groups in total. The van der Waals surface area contributed by atoms with Gasteiger partial charge in [-0.3, -0.25) is 4.79 Å². The number of benzene rings is 2. The number of halogens is 2. The molecule has 1 saturated heterocycles. The number of aromatic amines is 1. The number of rotatable bonds is 4. The number of imidazole rings is 1. The van der Waals surface area contributed by atoms with Gasteiger partial charge in [0.1, 0.15) is 23.1 Å². The van der Waals surface area contributed by atoms with Crippen molar-refractivity contribution in [3.05, 3.63) is 66.0 Å². The molecule has 10 heteroatoms. The highest BCUT2D eigenvalue weighted by molar-refractivity contribution is 14.1. The molecule has 31 heavy (non-hydrogen) atoms. The van der Waals surface area contributed by atoms with E-state index >= 15 is 0 Å². The van der Waals surface area contributed by atoms with Gasteiger partial charge in [0.15, 0.2) is 0 Å². The molecule has 8 nitrogen and oxygen atoms in total. The van der Waals surface area contributed by atoms with Gasteiger partial charge >= 0.3 is 0 Å². The first-order chi connectivity index (χ1) is 15.0. The third kappa shape index (κ3) is 3.54. The molecule has 2 aromatic heterocycles. The number of ether oxygens (including phenoxy) is 1. The van der Waals surface area contributed by atoms with Crippen LogP contribution in [0.3, 0.4) is 0 Å². The quantitative estimate of drug-likeness (QED) is 0.244. The van der Waals surface area contributed by atoms with Crippen molar-refractivity contribution >= 4 is 39.5 Å². The summed E-state index contributed by atoms with van der Waals surface area (Å²) in [6.07, 6.45) is 4.57. The van der Waals surface area contributed by atoms with Crippen LogP contribution in [0.2, 0.25) is 0 Å². The summed E-state index contributed by atoms with van der Waals surface area (Å²) in [4.78, 5) is 24.8. The topological polar surface area (TPSA) is 88.9 Å². The molecular weight excluding hydrogens is 514 g/mol. The van der Waals surface area contributed by atoms with Crippen LogP contribution >= 0.6 is 22.6 Å². The first-order valence-electron chi connectivity index (χ1n) is 9.72. The smallest absolute Gasteiger partial charge is 0.257 e. The van der Waals surface area contributed by atoms with E-state index in [1.165, 1.54) is 35.4 Å². The number of methoxy groups -OCH3 is 1. The van der Waals surface area contributed by atoms with Crippen LogP contribution in [0.1, 0.15) is 35.1 Å². The van der Waals surface area contributed by atoms with Crippen molar-refractivity contribution in [3.63, 3.8) is 0 Å². The van der Waals surface area contributed by atoms with Crippen molar-refractivity contribution in [1.29, 1.82) is 0 Å². The number of H-pyrrole nitrogens is 1. The molecule has 0 radical (unpaired) electrons. The first-order valence-corrected chi connectivity index (χ1v) is 11.0. The van der Waals surface area contributed by atoms with Crippen molar-refractivity contribution in [2.75, 3.05) is 7.11 Å². The SMILES string of the molecule is COc1ccc2[nH]c([C@@H]3CC[C@@H](I)N3C(=O)c3ccc(F)cc3-n3nccn3)nc2c1. The number of hydrogen-bond acceptors (Lipinski definition) is 5. The largest absolute Gasteiger partial charge is 0.497 e. The lowest BCUT2D eigenvalue weighted by molar-refractivity contribution is 0.0720. The van der Waals surface area contributed by atoms with Crippen LogP contribution in [0.4, 0.5) is 4.39 Å². The second-order valence-corrected chi connectivity index (χ2v) is 8.66. The fraction of sp³-hybridized carbons (Fsp3) is 0.238. The summed E-state index contributed by atoms with van der Waals surface area (Å²) in [6, 6.07) is 9.45. The Morgan fingerprint density at radius 1 is 1.19 bits per heavy atom. The highest BCUT2D eigenvalue weighted by Gasteiger charge is 2.39. The van der Waals surface area contributed by atoms with Crippen LogP contribution in [0.15, 0.2) is 48.8 Å². The number of hydrogen-bond donors (Lipinski definition) is 1. The average Bonchev–Trinajstić information content (AvgIpc) is 3.51. The molecular formula is C21H18FIN6O2. The zero-order valence-electron chi connectivity index (χ0n) is 16.5. The maximum Gasteiger partial charge on any atom is 0.257 e. The van der Waals surface area contributed by atoms with E-state index < -0.39 is 5.82 Å². The molecule has 1 amide bonds. The second-order valence-electron chi connectivity index (χ2n) is 7.23. The van der Waals surface area contributed by atoms with E-state index in [-0.39, 0.29) is 16.0 Å². The Kier molecular flexibility index (Phi) is 5.08. The van der Waals surface area contributed by atoms with Gasteiger partial charge in [0, 0.05) is 12.1 Å².